The van der Waals surface area contributed by atoms with Crippen LogP contribution in [-0.4, -0.2) is 45.2 Å². The number of halogens is 1. The molecule has 1 heterocycles. The number of nitrogens with one attached hydrogen (secondary N) is 1. The van der Waals surface area contributed by atoms with Crippen molar-refractivity contribution >= 4 is 27.9 Å². The van der Waals surface area contributed by atoms with E-state index in [1.165, 1.54) is 6.92 Å². The van der Waals surface area contributed by atoms with Gasteiger partial charge in [0.15, 0.2) is 11.8 Å². The summed E-state index contributed by atoms with van der Waals surface area (Å²) < 4.78 is 11.1. The number of ether oxygens (including phenoxy) is 2. The lowest BCUT2D eigenvalue weighted by molar-refractivity contribution is -0.144. The second kappa shape index (κ2) is 7.23. The summed E-state index contributed by atoms with van der Waals surface area (Å²) in [6.45, 7) is 3.28. The van der Waals surface area contributed by atoms with Crippen molar-refractivity contribution in [2.45, 2.75) is 20.0 Å². The second-order valence-electron chi connectivity index (χ2n) is 4.48. The summed E-state index contributed by atoms with van der Waals surface area (Å²) in [6, 6.07) is 4.93. The third-order valence-electron chi connectivity index (χ3n) is 2.86. The molecule has 1 aromatic carbocycles. The highest BCUT2D eigenvalue weighted by molar-refractivity contribution is 9.10. The van der Waals surface area contributed by atoms with Gasteiger partial charge in [0, 0.05) is 10.0 Å². The molecule has 1 atom stereocenters. The predicted octanol–water partition coefficient (Wildman–Crippen LogP) is 2.26. The highest BCUT2D eigenvalue weighted by Crippen LogP contribution is 2.33. The molecule has 8 nitrogen and oxygen atoms in total. The SMILES string of the molecule is CCOC(=O)c1n[nH]nc1-c1cc(Br)ccc1OC(C)C(=O)O. The number of carbonyl (C=O) groups is 2. The van der Waals surface area contributed by atoms with Crippen molar-refractivity contribution < 1.29 is 24.2 Å². The fraction of sp³-hybridized carbons (Fsp3) is 0.286. The van der Waals surface area contributed by atoms with E-state index in [1.54, 1.807) is 25.1 Å². The number of benzene rings is 1. The molecule has 1 aromatic heterocycles. The molecular weight excluding hydrogens is 370 g/mol. The molecule has 0 radical (unpaired) electrons. The Morgan fingerprint density at radius 1 is 1.39 bits per heavy atom. The van der Waals surface area contributed by atoms with Crippen LogP contribution in [0.3, 0.4) is 0 Å². The van der Waals surface area contributed by atoms with Gasteiger partial charge in [-0.1, -0.05) is 15.9 Å². The average molecular weight is 384 g/mol. The maximum Gasteiger partial charge on any atom is 0.361 e. The maximum atomic E-state index is 11.9. The van der Waals surface area contributed by atoms with Crippen LogP contribution in [0.15, 0.2) is 22.7 Å². The maximum absolute atomic E-state index is 11.9. The summed E-state index contributed by atoms with van der Waals surface area (Å²) in [7, 11) is 0. The summed E-state index contributed by atoms with van der Waals surface area (Å²) in [5.74, 6) is -1.47. The number of hydrogen-bond acceptors (Lipinski definition) is 6. The van der Waals surface area contributed by atoms with Crippen molar-refractivity contribution in [2.75, 3.05) is 6.61 Å². The standard InChI is InChI=1S/C14H14BrN3O5/c1-3-22-14(21)12-11(16-18-17-12)9-6-8(15)4-5-10(9)23-7(2)13(19)20/h4-7H,3H2,1-2H3,(H,19,20)(H,16,17,18). The Labute approximate surface area is 139 Å². The first kappa shape index (κ1) is 16.9. The van der Waals surface area contributed by atoms with Crippen LogP contribution >= 0.6 is 15.9 Å². The molecule has 0 spiro atoms. The van der Waals surface area contributed by atoms with Gasteiger partial charge in [-0.05, 0) is 32.0 Å². The van der Waals surface area contributed by atoms with E-state index in [-0.39, 0.29) is 23.7 Å². The van der Waals surface area contributed by atoms with Gasteiger partial charge in [-0.3, -0.25) is 0 Å². The number of carbonyl (C=O) groups excluding carboxylic acids is 1. The van der Waals surface area contributed by atoms with Crippen LogP contribution in [-0.2, 0) is 9.53 Å². The van der Waals surface area contributed by atoms with Gasteiger partial charge >= 0.3 is 11.9 Å². The number of H-pyrrole nitrogens is 1. The normalized spacial score (nSPS) is 11.8. The zero-order valence-corrected chi connectivity index (χ0v) is 14.0. The van der Waals surface area contributed by atoms with Crippen LogP contribution in [0.4, 0.5) is 0 Å². The van der Waals surface area contributed by atoms with Gasteiger partial charge in [0.25, 0.3) is 0 Å². The van der Waals surface area contributed by atoms with E-state index in [9.17, 15) is 9.59 Å². The van der Waals surface area contributed by atoms with Gasteiger partial charge < -0.3 is 14.6 Å². The largest absolute Gasteiger partial charge is 0.479 e. The molecule has 0 bridgehead atoms. The number of aromatic nitrogens is 3. The molecule has 0 aliphatic heterocycles. The van der Waals surface area contributed by atoms with E-state index in [2.05, 4.69) is 31.3 Å². The van der Waals surface area contributed by atoms with Crippen molar-refractivity contribution in [2.24, 2.45) is 0 Å². The summed E-state index contributed by atoms with van der Waals surface area (Å²) in [6.07, 6.45) is -1.06. The lowest BCUT2D eigenvalue weighted by Crippen LogP contribution is -2.23. The van der Waals surface area contributed by atoms with Crippen LogP contribution in [0.2, 0.25) is 0 Å². The third-order valence-corrected chi connectivity index (χ3v) is 3.36. The number of hydrogen-bond donors (Lipinski definition) is 2. The number of nitrogens with zero attached hydrogens (tertiary/aromatic N) is 2. The number of aromatic amines is 1. The van der Waals surface area contributed by atoms with Gasteiger partial charge in [-0.2, -0.15) is 10.3 Å². The molecule has 0 aliphatic carbocycles. The molecule has 2 rings (SSSR count). The zero-order chi connectivity index (χ0) is 17.0. The molecule has 23 heavy (non-hydrogen) atoms. The number of rotatable bonds is 6. The lowest BCUT2D eigenvalue weighted by atomic mass is 10.1. The monoisotopic (exact) mass is 383 g/mol. The minimum Gasteiger partial charge on any atom is -0.479 e. The summed E-state index contributed by atoms with van der Waals surface area (Å²) in [4.78, 5) is 22.9. The van der Waals surface area contributed by atoms with E-state index in [0.29, 0.717) is 10.0 Å². The Hall–Kier alpha value is -2.42. The highest BCUT2D eigenvalue weighted by atomic mass is 79.9. The molecule has 2 N–H and O–H groups in total. The smallest absolute Gasteiger partial charge is 0.361 e. The predicted molar refractivity (Wildman–Crippen MR) is 83.2 cm³/mol. The first-order valence-corrected chi connectivity index (χ1v) is 7.50. The van der Waals surface area contributed by atoms with Crippen molar-refractivity contribution in [3.05, 3.63) is 28.4 Å². The van der Waals surface area contributed by atoms with Crippen molar-refractivity contribution in [3.63, 3.8) is 0 Å². The van der Waals surface area contributed by atoms with Crippen molar-refractivity contribution in [1.29, 1.82) is 0 Å². The van der Waals surface area contributed by atoms with Gasteiger partial charge in [0.05, 0.1) is 6.61 Å². The van der Waals surface area contributed by atoms with Gasteiger partial charge in [-0.25, -0.2) is 9.59 Å². The minimum atomic E-state index is -1.11. The Morgan fingerprint density at radius 2 is 2.13 bits per heavy atom. The van der Waals surface area contributed by atoms with Gasteiger partial charge in [0.2, 0.25) is 0 Å². The minimum absolute atomic E-state index is 0.00206. The van der Waals surface area contributed by atoms with Gasteiger partial charge in [-0.15, -0.1) is 5.10 Å². The summed E-state index contributed by atoms with van der Waals surface area (Å²) >= 11 is 3.32. The van der Waals surface area contributed by atoms with E-state index >= 15 is 0 Å². The quantitative estimate of drug-likeness (QED) is 0.735. The Kier molecular flexibility index (Phi) is 5.32. The van der Waals surface area contributed by atoms with Crippen LogP contribution in [0.5, 0.6) is 5.75 Å². The summed E-state index contributed by atoms with van der Waals surface area (Å²) in [5.41, 5.74) is 0.638. The average Bonchev–Trinajstić information content (AvgIpc) is 2.98. The van der Waals surface area contributed by atoms with Crippen LogP contribution in [0.1, 0.15) is 24.3 Å². The van der Waals surface area contributed by atoms with Crippen LogP contribution < -0.4 is 4.74 Å². The first-order chi connectivity index (χ1) is 10.9. The zero-order valence-electron chi connectivity index (χ0n) is 12.4. The van der Waals surface area contributed by atoms with E-state index in [1.807, 2.05) is 0 Å². The summed E-state index contributed by atoms with van der Waals surface area (Å²) in [5, 5.41) is 19.1. The molecule has 0 amide bonds. The van der Waals surface area contributed by atoms with Crippen LogP contribution in [0.25, 0.3) is 11.3 Å². The molecule has 1 unspecified atom stereocenters. The Bertz CT molecular complexity index is 731. The first-order valence-electron chi connectivity index (χ1n) is 6.71. The third kappa shape index (κ3) is 3.86. The molecule has 0 aliphatic rings. The molecule has 0 saturated heterocycles. The fourth-order valence-corrected chi connectivity index (χ4v) is 2.15. The topological polar surface area (TPSA) is 114 Å². The molecule has 122 valence electrons. The lowest BCUT2D eigenvalue weighted by Gasteiger charge is -2.14. The number of carboxylic acids is 1. The Morgan fingerprint density at radius 3 is 2.78 bits per heavy atom. The molecule has 0 saturated carbocycles. The van der Waals surface area contributed by atoms with E-state index in [0.717, 1.165) is 0 Å². The van der Waals surface area contributed by atoms with Crippen molar-refractivity contribution in [3.8, 4) is 17.0 Å². The number of esters is 1. The van der Waals surface area contributed by atoms with E-state index in [4.69, 9.17) is 14.6 Å². The molecular formula is C14H14BrN3O5. The molecule has 9 heteroatoms. The Balaban J connectivity index is 2.47. The van der Waals surface area contributed by atoms with Gasteiger partial charge in [0.1, 0.15) is 11.4 Å². The highest BCUT2D eigenvalue weighted by Gasteiger charge is 2.23. The van der Waals surface area contributed by atoms with Crippen molar-refractivity contribution in [1.82, 2.24) is 15.4 Å². The molecule has 2 aromatic rings. The fourth-order valence-electron chi connectivity index (χ4n) is 1.79. The second-order valence-corrected chi connectivity index (χ2v) is 5.40. The number of aliphatic carboxylic acids is 1. The molecule has 0 fully saturated rings. The van der Waals surface area contributed by atoms with E-state index < -0.39 is 18.0 Å². The number of carboxylic acid groups (broad SMARTS) is 1. The van der Waals surface area contributed by atoms with Crippen LogP contribution in [0, 0.1) is 0 Å².